The zero-order valence-corrected chi connectivity index (χ0v) is 15.9. The Labute approximate surface area is 157 Å². The number of hydrogen-bond donors (Lipinski definition) is 3. The number of nitrogens with zero attached hydrogens (tertiary/aromatic N) is 3. The lowest BCUT2D eigenvalue weighted by molar-refractivity contribution is 0.324. The number of H-pyrrole nitrogens is 1. The molecule has 0 bridgehead atoms. The van der Waals surface area contributed by atoms with E-state index in [2.05, 4.69) is 30.8 Å². The molecule has 0 saturated carbocycles. The first-order chi connectivity index (χ1) is 13.0. The highest BCUT2D eigenvalue weighted by Gasteiger charge is 2.14. The zero-order chi connectivity index (χ0) is 19.4. The average Bonchev–Trinajstić information content (AvgIpc) is 2.99. The fraction of sp³-hybridized carbons (Fsp3) is 0.278. The Bertz CT molecular complexity index is 916. The Morgan fingerprint density at radius 1 is 0.963 bits per heavy atom. The van der Waals surface area contributed by atoms with Gasteiger partial charge in [0.25, 0.3) is 0 Å². The van der Waals surface area contributed by atoms with Gasteiger partial charge < -0.3 is 24.8 Å². The number of nitrogens with one attached hydrogen (secondary N) is 3. The van der Waals surface area contributed by atoms with Gasteiger partial charge in [0.2, 0.25) is 11.7 Å². The van der Waals surface area contributed by atoms with E-state index in [1.54, 1.807) is 45.7 Å². The lowest BCUT2D eigenvalue weighted by Crippen LogP contribution is -2.02. The van der Waals surface area contributed by atoms with Crippen LogP contribution < -0.4 is 24.8 Å². The van der Waals surface area contributed by atoms with E-state index in [-0.39, 0.29) is 0 Å². The predicted octanol–water partition coefficient (Wildman–Crippen LogP) is 3.33. The molecule has 3 aromatic rings. The predicted molar refractivity (Wildman–Crippen MR) is 103 cm³/mol. The smallest absolute Gasteiger partial charge is 0.229 e. The minimum absolute atomic E-state index is 0.416. The van der Waals surface area contributed by atoms with Crippen molar-refractivity contribution < 1.29 is 14.2 Å². The van der Waals surface area contributed by atoms with E-state index in [4.69, 9.17) is 14.2 Å². The monoisotopic (exact) mass is 370 g/mol. The summed E-state index contributed by atoms with van der Waals surface area (Å²) in [6.07, 6.45) is 1.66. The molecule has 9 nitrogen and oxygen atoms in total. The standard InChI is InChI=1S/C18H22N6O3/c1-10-11(2)23-24-17(10)21-15-6-7-19-18(22-15)20-12-8-13(25-3)16(27-5)14(9-12)26-4/h6-9H,1-5H3,(H3,19,20,21,22,23,24). The van der Waals surface area contributed by atoms with Gasteiger partial charge in [-0.1, -0.05) is 0 Å². The van der Waals surface area contributed by atoms with E-state index in [9.17, 15) is 0 Å². The van der Waals surface area contributed by atoms with Crippen LogP contribution in [0.3, 0.4) is 0 Å². The van der Waals surface area contributed by atoms with Crippen LogP contribution in [0.1, 0.15) is 11.3 Å². The molecule has 0 spiro atoms. The number of methoxy groups -OCH3 is 3. The number of hydrogen-bond acceptors (Lipinski definition) is 8. The SMILES string of the molecule is COc1cc(Nc2nccc(Nc3n[nH]c(C)c3C)n2)cc(OC)c1OC. The summed E-state index contributed by atoms with van der Waals surface area (Å²) < 4.78 is 16.1. The third kappa shape index (κ3) is 3.86. The van der Waals surface area contributed by atoms with Gasteiger partial charge in [-0.2, -0.15) is 10.1 Å². The Kier molecular flexibility index (Phi) is 5.30. The second kappa shape index (κ2) is 7.81. The van der Waals surface area contributed by atoms with E-state index in [0.717, 1.165) is 17.1 Å². The van der Waals surface area contributed by atoms with Gasteiger partial charge in [-0.3, -0.25) is 5.10 Å². The van der Waals surface area contributed by atoms with Crippen molar-refractivity contribution in [1.29, 1.82) is 0 Å². The van der Waals surface area contributed by atoms with Gasteiger partial charge in [0.15, 0.2) is 17.3 Å². The van der Waals surface area contributed by atoms with Gasteiger partial charge in [0.05, 0.1) is 21.3 Å². The van der Waals surface area contributed by atoms with Crippen LogP contribution in [0.4, 0.5) is 23.3 Å². The van der Waals surface area contributed by atoms with Crippen molar-refractivity contribution in [1.82, 2.24) is 20.2 Å². The maximum absolute atomic E-state index is 5.37. The second-order valence-corrected chi connectivity index (χ2v) is 5.75. The maximum atomic E-state index is 5.37. The summed E-state index contributed by atoms with van der Waals surface area (Å²) in [7, 11) is 4.69. The molecule has 2 heterocycles. The van der Waals surface area contributed by atoms with E-state index in [1.807, 2.05) is 13.8 Å². The normalized spacial score (nSPS) is 10.4. The maximum Gasteiger partial charge on any atom is 0.229 e. The molecule has 9 heteroatoms. The Hall–Kier alpha value is -3.49. The van der Waals surface area contributed by atoms with E-state index >= 15 is 0 Å². The molecular formula is C18H22N6O3. The number of aryl methyl sites for hydroxylation is 1. The van der Waals surface area contributed by atoms with Gasteiger partial charge in [0, 0.05) is 35.3 Å². The third-order valence-electron chi connectivity index (χ3n) is 4.08. The number of benzene rings is 1. The quantitative estimate of drug-likeness (QED) is 0.581. The van der Waals surface area contributed by atoms with Crippen LogP contribution in [-0.4, -0.2) is 41.5 Å². The molecule has 0 aliphatic rings. The van der Waals surface area contributed by atoms with Crippen molar-refractivity contribution >= 4 is 23.3 Å². The summed E-state index contributed by atoms with van der Waals surface area (Å²) in [5.41, 5.74) is 2.74. The van der Waals surface area contributed by atoms with E-state index < -0.39 is 0 Å². The lowest BCUT2D eigenvalue weighted by Gasteiger charge is -2.14. The molecule has 0 unspecified atom stereocenters. The van der Waals surface area contributed by atoms with Crippen LogP contribution in [0, 0.1) is 13.8 Å². The van der Waals surface area contributed by atoms with Crippen LogP contribution in [0.25, 0.3) is 0 Å². The molecule has 3 rings (SSSR count). The highest BCUT2D eigenvalue weighted by molar-refractivity contribution is 5.66. The first-order valence-corrected chi connectivity index (χ1v) is 8.24. The van der Waals surface area contributed by atoms with Crippen molar-refractivity contribution in [3.05, 3.63) is 35.7 Å². The largest absolute Gasteiger partial charge is 0.493 e. The molecule has 0 fully saturated rings. The Morgan fingerprint density at radius 3 is 2.22 bits per heavy atom. The van der Waals surface area contributed by atoms with Gasteiger partial charge >= 0.3 is 0 Å². The molecular weight excluding hydrogens is 348 g/mol. The first-order valence-electron chi connectivity index (χ1n) is 8.24. The minimum atomic E-state index is 0.416. The fourth-order valence-electron chi connectivity index (χ4n) is 2.50. The van der Waals surface area contributed by atoms with Crippen LogP contribution in [-0.2, 0) is 0 Å². The Balaban J connectivity index is 1.85. The number of aromatic amines is 1. The van der Waals surface area contributed by atoms with E-state index in [1.165, 1.54) is 0 Å². The van der Waals surface area contributed by atoms with Crippen molar-refractivity contribution in [3.8, 4) is 17.2 Å². The number of aromatic nitrogens is 4. The van der Waals surface area contributed by atoms with Crippen LogP contribution in [0.5, 0.6) is 17.2 Å². The summed E-state index contributed by atoms with van der Waals surface area (Å²) in [6, 6.07) is 5.34. The van der Waals surface area contributed by atoms with Crippen LogP contribution in [0.15, 0.2) is 24.4 Å². The number of ether oxygens (including phenoxy) is 3. The summed E-state index contributed by atoms with van der Waals surface area (Å²) in [5.74, 6) is 3.36. The number of rotatable bonds is 7. The van der Waals surface area contributed by atoms with Crippen molar-refractivity contribution in [2.75, 3.05) is 32.0 Å². The molecule has 27 heavy (non-hydrogen) atoms. The highest BCUT2D eigenvalue weighted by atomic mass is 16.5. The van der Waals surface area contributed by atoms with Gasteiger partial charge in [-0.25, -0.2) is 4.98 Å². The summed E-state index contributed by atoms with van der Waals surface area (Å²) in [5, 5.41) is 13.5. The first kappa shape index (κ1) is 18.3. The zero-order valence-electron chi connectivity index (χ0n) is 15.9. The van der Waals surface area contributed by atoms with Gasteiger partial charge in [-0.05, 0) is 19.9 Å². The fourth-order valence-corrected chi connectivity index (χ4v) is 2.50. The molecule has 0 amide bonds. The molecule has 0 saturated heterocycles. The van der Waals surface area contributed by atoms with Gasteiger partial charge in [0.1, 0.15) is 5.82 Å². The summed E-state index contributed by atoms with van der Waals surface area (Å²) >= 11 is 0. The highest BCUT2D eigenvalue weighted by Crippen LogP contribution is 2.40. The average molecular weight is 370 g/mol. The van der Waals surface area contributed by atoms with Crippen LogP contribution >= 0.6 is 0 Å². The topological polar surface area (TPSA) is 106 Å². The summed E-state index contributed by atoms with van der Waals surface area (Å²) in [6.45, 7) is 3.95. The lowest BCUT2D eigenvalue weighted by atomic mass is 10.2. The molecule has 0 atom stereocenters. The molecule has 0 aliphatic heterocycles. The molecule has 0 aliphatic carbocycles. The van der Waals surface area contributed by atoms with Crippen molar-refractivity contribution in [2.45, 2.75) is 13.8 Å². The third-order valence-corrected chi connectivity index (χ3v) is 4.08. The van der Waals surface area contributed by atoms with Crippen molar-refractivity contribution in [3.63, 3.8) is 0 Å². The summed E-state index contributed by atoms with van der Waals surface area (Å²) in [4.78, 5) is 8.72. The van der Waals surface area contributed by atoms with Crippen molar-refractivity contribution in [2.24, 2.45) is 0 Å². The second-order valence-electron chi connectivity index (χ2n) is 5.75. The Morgan fingerprint density at radius 2 is 1.67 bits per heavy atom. The number of anilines is 4. The molecule has 0 radical (unpaired) electrons. The molecule has 142 valence electrons. The minimum Gasteiger partial charge on any atom is -0.493 e. The molecule has 3 N–H and O–H groups in total. The van der Waals surface area contributed by atoms with Gasteiger partial charge in [-0.15, -0.1) is 0 Å². The van der Waals surface area contributed by atoms with E-state index in [0.29, 0.717) is 34.7 Å². The molecule has 1 aromatic carbocycles. The molecule has 2 aromatic heterocycles. The van der Waals surface area contributed by atoms with Crippen LogP contribution in [0.2, 0.25) is 0 Å².